The van der Waals surface area contributed by atoms with Crippen LogP contribution in [0.4, 0.5) is 4.79 Å². The van der Waals surface area contributed by atoms with Crippen molar-refractivity contribution in [3.8, 4) is 0 Å². The fraction of sp³-hybridized carbons (Fsp3) is 0.875. The molecule has 2 amide bonds. The lowest BCUT2D eigenvalue weighted by atomic mass is 10.1. The van der Waals surface area contributed by atoms with Crippen LogP contribution in [-0.2, 0) is 0 Å². The highest BCUT2D eigenvalue weighted by Gasteiger charge is 2.14. The number of likely N-dealkylation sites (tertiary alicyclic amines) is 1. The minimum atomic E-state index is -0.399. The number of hydrogen-bond donors (Lipinski definition) is 2. The highest BCUT2D eigenvalue weighted by atomic mass is 16.2. The van der Waals surface area contributed by atoms with Gasteiger partial charge in [-0.05, 0) is 39.4 Å². The minimum absolute atomic E-state index is 0.285. The van der Waals surface area contributed by atoms with Gasteiger partial charge in [0.15, 0.2) is 0 Å². The van der Waals surface area contributed by atoms with E-state index in [2.05, 4.69) is 17.3 Å². The Morgan fingerprint density at radius 3 is 2.92 bits per heavy atom. The SMILES string of the molecule is CN1CCCC(NC(N)=O)CC1. The lowest BCUT2D eigenvalue weighted by Gasteiger charge is -2.14. The van der Waals surface area contributed by atoms with Crippen LogP contribution in [0.15, 0.2) is 0 Å². The van der Waals surface area contributed by atoms with Crippen LogP contribution in [0, 0.1) is 0 Å². The van der Waals surface area contributed by atoms with Gasteiger partial charge in [0, 0.05) is 6.04 Å². The maximum atomic E-state index is 10.6. The van der Waals surface area contributed by atoms with E-state index in [0.717, 1.165) is 32.4 Å². The Bertz CT molecular complexity index is 160. The molecule has 0 aliphatic carbocycles. The third-order valence-corrected chi connectivity index (χ3v) is 2.30. The number of carbonyl (C=O) groups is 1. The Balaban J connectivity index is 2.30. The Hall–Kier alpha value is -0.770. The van der Waals surface area contributed by atoms with Crippen molar-refractivity contribution in [1.82, 2.24) is 10.2 Å². The minimum Gasteiger partial charge on any atom is -0.352 e. The van der Waals surface area contributed by atoms with Gasteiger partial charge in [0.2, 0.25) is 0 Å². The van der Waals surface area contributed by atoms with E-state index in [4.69, 9.17) is 5.73 Å². The van der Waals surface area contributed by atoms with Gasteiger partial charge in [-0.2, -0.15) is 0 Å². The molecule has 0 aromatic rings. The van der Waals surface area contributed by atoms with Crippen LogP contribution in [0.3, 0.4) is 0 Å². The third kappa shape index (κ3) is 3.09. The lowest BCUT2D eigenvalue weighted by Crippen LogP contribution is -2.39. The van der Waals surface area contributed by atoms with Crippen LogP contribution >= 0.6 is 0 Å². The molecule has 0 bridgehead atoms. The molecule has 1 heterocycles. The van der Waals surface area contributed by atoms with Crippen LogP contribution in [0.2, 0.25) is 0 Å². The van der Waals surface area contributed by atoms with Crippen molar-refractivity contribution >= 4 is 6.03 Å². The summed E-state index contributed by atoms with van der Waals surface area (Å²) in [5, 5.41) is 2.75. The van der Waals surface area contributed by atoms with E-state index in [1.54, 1.807) is 0 Å². The second-order valence-corrected chi connectivity index (χ2v) is 3.44. The van der Waals surface area contributed by atoms with Gasteiger partial charge in [0.1, 0.15) is 0 Å². The molecule has 1 unspecified atom stereocenters. The van der Waals surface area contributed by atoms with E-state index in [1.807, 2.05) is 0 Å². The van der Waals surface area contributed by atoms with E-state index >= 15 is 0 Å². The number of primary amides is 1. The molecular formula is C8H17N3O. The molecule has 1 atom stereocenters. The van der Waals surface area contributed by atoms with Gasteiger partial charge in [-0.25, -0.2) is 4.79 Å². The number of urea groups is 1. The molecule has 0 aromatic heterocycles. The van der Waals surface area contributed by atoms with Crippen molar-refractivity contribution in [2.24, 2.45) is 5.73 Å². The summed E-state index contributed by atoms with van der Waals surface area (Å²) < 4.78 is 0. The maximum absolute atomic E-state index is 10.6. The van der Waals surface area contributed by atoms with Crippen molar-refractivity contribution in [3.63, 3.8) is 0 Å². The van der Waals surface area contributed by atoms with Crippen molar-refractivity contribution in [1.29, 1.82) is 0 Å². The average Bonchev–Trinajstić information content (AvgIpc) is 2.15. The number of rotatable bonds is 1. The molecule has 1 rings (SSSR count). The Labute approximate surface area is 73.1 Å². The van der Waals surface area contributed by atoms with Gasteiger partial charge < -0.3 is 16.0 Å². The summed E-state index contributed by atoms with van der Waals surface area (Å²) >= 11 is 0. The number of amides is 2. The largest absolute Gasteiger partial charge is 0.352 e. The van der Waals surface area contributed by atoms with Crippen LogP contribution in [-0.4, -0.2) is 37.1 Å². The van der Waals surface area contributed by atoms with E-state index in [-0.39, 0.29) is 6.04 Å². The summed E-state index contributed by atoms with van der Waals surface area (Å²) in [7, 11) is 2.10. The fourth-order valence-electron chi connectivity index (χ4n) is 1.59. The number of carbonyl (C=O) groups excluding carboxylic acids is 1. The topological polar surface area (TPSA) is 58.4 Å². The normalized spacial score (nSPS) is 26.2. The average molecular weight is 171 g/mol. The zero-order chi connectivity index (χ0) is 8.97. The predicted molar refractivity (Wildman–Crippen MR) is 47.9 cm³/mol. The third-order valence-electron chi connectivity index (χ3n) is 2.30. The molecule has 0 saturated carbocycles. The number of nitrogens with zero attached hydrogens (tertiary/aromatic N) is 1. The first-order valence-corrected chi connectivity index (χ1v) is 4.43. The second-order valence-electron chi connectivity index (χ2n) is 3.44. The molecule has 12 heavy (non-hydrogen) atoms. The molecule has 0 spiro atoms. The summed E-state index contributed by atoms with van der Waals surface area (Å²) in [6.07, 6.45) is 3.20. The number of nitrogens with two attached hydrogens (primary N) is 1. The van der Waals surface area contributed by atoms with Crippen molar-refractivity contribution in [2.45, 2.75) is 25.3 Å². The number of nitrogens with one attached hydrogen (secondary N) is 1. The van der Waals surface area contributed by atoms with E-state index < -0.39 is 6.03 Å². The van der Waals surface area contributed by atoms with Crippen molar-refractivity contribution in [2.75, 3.05) is 20.1 Å². The lowest BCUT2D eigenvalue weighted by molar-refractivity contribution is 0.243. The molecule has 4 heteroatoms. The van der Waals surface area contributed by atoms with Crippen molar-refractivity contribution < 1.29 is 4.79 Å². The molecule has 1 fully saturated rings. The van der Waals surface area contributed by atoms with Gasteiger partial charge in [0.05, 0.1) is 0 Å². The zero-order valence-corrected chi connectivity index (χ0v) is 7.55. The molecule has 1 aliphatic heterocycles. The van der Waals surface area contributed by atoms with Crippen LogP contribution in [0.5, 0.6) is 0 Å². The molecular weight excluding hydrogens is 154 g/mol. The molecule has 3 N–H and O–H groups in total. The van der Waals surface area contributed by atoms with Crippen molar-refractivity contribution in [3.05, 3.63) is 0 Å². The van der Waals surface area contributed by atoms with Crippen LogP contribution in [0.25, 0.3) is 0 Å². The van der Waals surface area contributed by atoms with Gasteiger partial charge in [-0.1, -0.05) is 0 Å². The van der Waals surface area contributed by atoms with Crippen LogP contribution < -0.4 is 11.1 Å². The first-order chi connectivity index (χ1) is 5.68. The van der Waals surface area contributed by atoms with Gasteiger partial charge in [-0.3, -0.25) is 0 Å². The fourth-order valence-corrected chi connectivity index (χ4v) is 1.59. The van der Waals surface area contributed by atoms with E-state index in [0.29, 0.717) is 0 Å². The molecule has 0 aromatic carbocycles. The molecule has 0 radical (unpaired) electrons. The second kappa shape index (κ2) is 4.30. The Morgan fingerprint density at radius 2 is 2.25 bits per heavy atom. The monoisotopic (exact) mass is 171 g/mol. The first-order valence-electron chi connectivity index (χ1n) is 4.43. The number of hydrogen-bond acceptors (Lipinski definition) is 2. The summed E-state index contributed by atoms with van der Waals surface area (Å²) in [6.45, 7) is 2.17. The quantitative estimate of drug-likeness (QED) is 0.589. The van der Waals surface area contributed by atoms with E-state index in [1.165, 1.54) is 0 Å². The molecule has 1 aliphatic rings. The summed E-state index contributed by atoms with van der Waals surface area (Å²) in [5.41, 5.74) is 5.05. The van der Waals surface area contributed by atoms with Gasteiger partial charge in [-0.15, -0.1) is 0 Å². The molecule has 1 saturated heterocycles. The summed E-state index contributed by atoms with van der Waals surface area (Å²) in [5.74, 6) is 0. The molecule has 4 nitrogen and oxygen atoms in total. The summed E-state index contributed by atoms with van der Waals surface area (Å²) in [4.78, 5) is 12.8. The highest BCUT2D eigenvalue weighted by molar-refractivity contribution is 5.71. The Kier molecular flexibility index (Phi) is 3.34. The maximum Gasteiger partial charge on any atom is 0.312 e. The van der Waals surface area contributed by atoms with Gasteiger partial charge >= 0.3 is 6.03 Å². The first kappa shape index (κ1) is 9.32. The van der Waals surface area contributed by atoms with Crippen LogP contribution in [0.1, 0.15) is 19.3 Å². The predicted octanol–water partition coefficient (Wildman–Crippen LogP) is 0.139. The smallest absolute Gasteiger partial charge is 0.312 e. The van der Waals surface area contributed by atoms with Gasteiger partial charge in [0.25, 0.3) is 0 Å². The summed E-state index contributed by atoms with van der Waals surface area (Å²) in [6, 6.07) is -0.114. The zero-order valence-electron chi connectivity index (χ0n) is 7.55. The highest BCUT2D eigenvalue weighted by Crippen LogP contribution is 2.08. The van der Waals surface area contributed by atoms with E-state index in [9.17, 15) is 4.79 Å². The standard InChI is InChI=1S/C8H17N3O/c1-11-5-2-3-7(4-6-11)10-8(9)12/h7H,2-6H2,1H3,(H3,9,10,12). The Morgan fingerprint density at radius 1 is 1.50 bits per heavy atom. The molecule has 70 valence electrons.